The predicted molar refractivity (Wildman–Crippen MR) is 65.2 cm³/mol. The summed E-state index contributed by atoms with van der Waals surface area (Å²) in [6.07, 6.45) is 4.85. The molecule has 0 amide bonds. The van der Waals surface area contributed by atoms with E-state index in [1.165, 1.54) is 0 Å². The highest BCUT2D eigenvalue weighted by Crippen LogP contribution is 2.22. The van der Waals surface area contributed by atoms with E-state index in [-0.39, 0.29) is 0 Å². The van der Waals surface area contributed by atoms with Crippen molar-refractivity contribution in [2.75, 3.05) is 7.05 Å². The molecule has 0 radical (unpaired) electrons. The van der Waals surface area contributed by atoms with Crippen molar-refractivity contribution in [3.8, 4) is 0 Å². The van der Waals surface area contributed by atoms with Crippen LogP contribution in [0.2, 0.25) is 0 Å². The second kappa shape index (κ2) is 6.08. The van der Waals surface area contributed by atoms with Crippen LogP contribution in [0.1, 0.15) is 25.8 Å². The van der Waals surface area contributed by atoms with E-state index < -0.39 is 0 Å². The van der Waals surface area contributed by atoms with E-state index in [9.17, 15) is 0 Å². The number of hydrogen-bond donors (Lipinski definition) is 1. The van der Waals surface area contributed by atoms with Gasteiger partial charge in [-0.05, 0) is 32.9 Å². The maximum absolute atomic E-state index is 4.28. The highest BCUT2D eigenvalue weighted by molar-refractivity contribution is 7.99. The molecule has 1 N–H and O–H groups in total. The zero-order valence-corrected chi connectivity index (χ0v) is 10.6. The zero-order chi connectivity index (χ0) is 11.3. The van der Waals surface area contributed by atoms with E-state index in [0.29, 0.717) is 11.3 Å². The molecule has 2 atom stereocenters. The minimum absolute atomic E-state index is 0.537. The third kappa shape index (κ3) is 4.62. The second-order valence-corrected chi connectivity index (χ2v) is 5.30. The van der Waals surface area contributed by atoms with Crippen molar-refractivity contribution in [2.45, 2.75) is 43.6 Å². The molecule has 0 aliphatic carbocycles. The van der Waals surface area contributed by atoms with Crippen LogP contribution in [-0.2, 0) is 0 Å². The second-order valence-electron chi connectivity index (χ2n) is 3.90. The van der Waals surface area contributed by atoms with E-state index in [1.807, 2.05) is 26.4 Å². The van der Waals surface area contributed by atoms with Crippen LogP contribution < -0.4 is 5.32 Å². The summed E-state index contributed by atoms with van der Waals surface area (Å²) < 4.78 is 0. The Morgan fingerprint density at radius 3 is 2.47 bits per heavy atom. The molecule has 0 bridgehead atoms. The minimum Gasteiger partial charge on any atom is -0.317 e. The van der Waals surface area contributed by atoms with Crippen LogP contribution in [0.15, 0.2) is 17.6 Å². The van der Waals surface area contributed by atoms with Crippen LogP contribution in [0.25, 0.3) is 0 Å². The molecule has 84 valence electrons. The Morgan fingerprint density at radius 2 is 1.93 bits per heavy atom. The lowest BCUT2D eigenvalue weighted by Crippen LogP contribution is -2.24. The van der Waals surface area contributed by atoms with Crippen molar-refractivity contribution in [1.82, 2.24) is 15.3 Å². The van der Waals surface area contributed by atoms with E-state index >= 15 is 0 Å². The molecular weight excluding hydrogens is 206 g/mol. The van der Waals surface area contributed by atoms with Gasteiger partial charge in [0.15, 0.2) is 5.16 Å². The van der Waals surface area contributed by atoms with Crippen molar-refractivity contribution in [3.05, 3.63) is 18.0 Å². The molecule has 0 saturated heterocycles. The van der Waals surface area contributed by atoms with Gasteiger partial charge in [-0.15, -0.1) is 0 Å². The molecule has 0 aliphatic heterocycles. The van der Waals surface area contributed by atoms with Crippen LogP contribution >= 0.6 is 11.8 Å². The molecule has 1 aromatic heterocycles. The largest absolute Gasteiger partial charge is 0.317 e. The van der Waals surface area contributed by atoms with Crippen molar-refractivity contribution in [3.63, 3.8) is 0 Å². The van der Waals surface area contributed by atoms with Crippen LogP contribution in [0.5, 0.6) is 0 Å². The quantitative estimate of drug-likeness (QED) is 0.616. The molecule has 4 heteroatoms. The van der Waals surface area contributed by atoms with Gasteiger partial charge in [-0.2, -0.15) is 0 Å². The van der Waals surface area contributed by atoms with Crippen LogP contribution in [-0.4, -0.2) is 28.3 Å². The molecule has 0 aromatic carbocycles. The Hall–Kier alpha value is -0.610. The summed E-state index contributed by atoms with van der Waals surface area (Å²) in [6, 6.07) is 0.540. The zero-order valence-electron chi connectivity index (χ0n) is 9.82. The fraction of sp³-hybridized carbons (Fsp3) is 0.636. The molecule has 0 spiro atoms. The first-order chi connectivity index (χ1) is 7.11. The monoisotopic (exact) mass is 225 g/mol. The van der Waals surface area contributed by atoms with Crippen molar-refractivity contribution < 1.29 is 0 Å². The number of nitrogens with one attached hydrogen (secondary N) is 1. The summed E-state index contributed by atoms with van der Waals surface area (Å²) in [4.78, 5) is 8.57. The van der Waals surface area contributed by atoms with Crippen LogP contribution in [0.3, 0.4) is 0 Å². The van der Waals surface area contributed by atoms with Gasteiger partial charge in [0.2, 0.25) is 0 Å². The highest BCUT2D eigenvalue weighted by Gasteiger charge is 2.09. The van der Waals surface area contributed by atoms with Gasteiger partial charge in [0.05, 0.1) is 0 Å². The first-order valence-corrected chi connectivity index (χ1v) is 6.12. The third-order valence-electron chi connectivity index (χ3n) is 2.24. The summed E-state index contributed by atoms with van der Waals surface area (Å²) in [7, 11) is 1.99. The molecule has 2 unspecified atom stereocenters. The van der Waals surface area contributed by atoms with E-state index in [2.05, 4.69) is 29.1 Å². The number of rotatable bonds is 5. The number of hydrogen-bond acceptors (Lipinski definition) is 4. The van der Waals surface area contributed by atoms with Gasteiger partial charge < -0.3 is 5.32 Å². The Bertz CT molecular complexity index is 286. The fourth-order valence-electron chi connectivity index (χ4n) is 1.29. The van der Waals surface area contributed by atoms with Gasteiger partial charge >= 0.3 is 0 Å². The Morgan fingerprint density at radius 1 is 1.33 bits per heavy atom. The van der Waals surface area contributed by atoms with E-state index in [1.54, 1.807) is 11.8 Å². The molecule has 0 fully saturated rings. The SMILES string of the molecule is CNC(C)CC(C)Sc1ncc(C)cn1. The van der Waals surface area contributed by atoms with Gasteiger partial charge in [-0.1, -0.05) is 18.7 Å². The summed E-state index contributed by atoms with van der Waals surface area (Å²) >= 11 is 1.73. The molecule has 1 heterocycles. The number of nitrogens with zero attached hydrogens (tertiary/aromatic N) is 2. The predicted octanol–water partition coefficient (Wildman–Crippen LogP) is 2.26. The van der Waals surface area contributed by atoms with E-state index in [4.69, 9.17) is 0 Å². The van der Waals surface area contributed by atoms with Crippen molar-refractivity contribution >= 4 is 11.8 Å². The number of aryl methyl sites for hydroxylation is 1. The lowest BCUT2D eigenvalue weighted by atomic mass is 10.2. The van der Waals surface area contributed by atoms with Gasteiger partial charge in [0, 0.05) is 23.7 Å². The summed E-state index contributed by atoms with van der Waals surface area (Å²) in [5.41, 5.74) is 1.11. The van der Waals surface area contributed by atoms with Crippen LogP contribution in [0.4, 0.5) is 0 Å². The topological polar surface area (TPSA) is 37.8 Å². The lowest BCUT2D eigenvalue weighted by molar-refractivity contribution is 0.563. The normalized spacial score (nSPS) is 14.9. The average molecular weight is 225 g/mol. The van der Waals surface area contributed by atoms with Crippen LogP contribution in [0, 0.1) is 6.92 Å². The van der Waals surface area contributed by atoms with Gasteiger partial charge in [0.25, 0.3) is 0 Å². The Labute approximate surface area is 96.1 Å². The molecule has 0 aliphatic rings. The molecule has 3 nitrogen and oxygen atoms in total. The lowest BCUT2D eigenvalue weighted by Gasteiger charge is -2.15. The third-order valence-corrected chi connectivity index (χ3v) is 3.26. The van der Waals surface area contributed by atoms with E-state index in [0.717, 1.165) is 17.1 Å². The standard InChI is InChI=1S/C11H19N3S/c1-8-6-13-11(14-7-8)15-10(3)5-9(2)12-4/h6-7,9-10,12H,5H2,1-4H3. The van der Waals surface area contributed by atoms with Gasteiger partial charge in [-0.25, -0.2) is 9.97 Å². The molecule has 1 rings (SSSR count). The number of aromatic nitrogens is 2. The summed E-state index contributed by atoms with van der Waals surface area (Å²) in [5.74, 6) is 0. The fourth-order valence-corrected chi connectivity index (χ4v) is 2.26. The summed E-state index contributed by atoms with van der Waals surface area (Å²) in [5, 5.41) is 4.65. The molecule has 1 aromatic rings. The molecule has 0 saturated carbocycles. The average Bonchev–Trinajstić information content (AvgIpc) is 2.21. The Kier molecular flexibility index (Phi) is 5.05. The smallest absolute Gasteiger partial charge is 0.187 e. The molecule has 15 heavy (non-hydrogen) atoms. The van der Waals surface area contributed by atoms with Gasteiger partial charge in [0.1, 0.15) is 0 Å². The minimum atomic E-state index is 0.537. The first-order valence-electron chi connectivity index (χ1n) is 5.24. The summed E-state index contributed by atoms with van der Waals surface area (Å²) in [6.45, 7) is 6.40. The maximum Gasteiger partial charge on any atom is 0.187 e. The number of thioether (sulfide) groups is 1. The Balaban J connectivity index is 2.44. The highest BCUT2D eigenvalue weighted by atomic mass is 32.2. The maximum atomic E-state index is 4.28. The van der Waals surface area contributed by atoms with Crippen molar-refractivity contribution in [1.29, 1.82) is 0 Å². The molecular formula is C11H19N3S. The van der Waals surface area contributed by atoms with Gasteiger partial charge in [-0.3, -0.25) is 0 Å². The van der Waals surface area contributed by atoms with Crippen molar-refractivity contribution in [2.24, 2.45) is 0 Å². The first kappa shape index (κ1) is 12.5.